The second-order valence-electron chi connectivity index (χ2n) is 4.11. The third-order valence-corrected chi connectivity index (χ3v) is 4.04. The van der Waals surface area contributed by atoms with Gasteiger partial charge in [0.05, 0.1) is 5.02 Å². The molecule has 0 aliphatic heterocycles. The van der Waals surface area contributed by atoms with E-state index in [1.165, 1.54) is 6.07 Å². The molecule has 0 aliphatic rings. The van der Waals surface area contributed by atoms with Crippen LogP contribution in [0.15, 0.2) is 45.3 Å². The molecule has 0 aliphatic carbocycles. The van der Waals surface area contributed by atoms with E-state index < -0.39 is 5.97 Å². The quantitative estimate of drug-likeness (QED) is 0.731. The number of rotatable bonds is 2. The Morgan fingerprint density at radius 3 is 2.80 bits per heavy atom. The zero-order valence-corrected chi connectivity index (χ0v) is 12.3. The zero-order chi connectivity index (χ0) is 14.3. The molecule has 6 heteroatoms. The van der Waals surface area contributed by atoms with Crippen LogP contribution in [0.2, 0.25) is 5.02 Å². The molecule has 0 unspecified atom stereocenters. The number of para-hydroxylation sites is 1. The summed E-state index contributed by atoms with van der Waals surface area (Å²) in [5.41, 5.74) is 1.53. The molecule has 2 aromatic carbocycles. The van der Waals surface area contributed by atoms with Gasteiger partial charge >= 0.3 is 5.97 Å². The number of oxazole rings is 1. The third-order valence-electron chi connectivity index (χ3n) is 2.81. The highest BCUT2D eigenvalue weighted by atomic mass is 79.9. The number of hydrogen-bond acceptors (Lipinski definition) is 3. The van der Waals surface area contributed by atoms with Gasteiger partial charge in [0.15, 0.2) is 5.58 Å². The Kier molecular flexibility index (Phi) is 3.23. The molecule has 3 aromatic rings. The Morgan fingerprint density at radius 1 is 1.30 bits per heavy atom. The Bertz CT molecular complexity index is 828. The lowest BCUT2D eigenvalue weighted by Gasteiger charge is -1.98. The summed E-state index contributed by atoms with van der Waals surface area (Å²) in [6.45, 7) is 0. The molecule has 0 fully saturated rings. The van der Waals surface area contributed by atoms with E-state index >= 15 is 0 Å². The van der Waals surface area contributed by atoms with Crippen molar-refractivity contribution in [1.82, 2.24) is 4.98 Å². The second kappa shape index (κ2) is 4.92. The van der Waals surface area contributed by atoms with Gasteiger partial charge in [-0.25, -0.2) is 9.78 Å². The lowest BCUT2D eigenvalue weighted by Crippen LogP contribution is -1.95. The molecule has 1 heterocycles. The van der Waals surface area contributed by atoms with E-state index in [1.54, 1.807) is 30.3 Å². The van der Waals surface area contributed by atoms with Crippen LogP contribution in [-0.4, -0.2) is 16.1 Å². The fourth-order valence-electron chi connectivity index (χ4n) is 1.87. The number of carbonyl (C=O) groups is 1. The van der Waals surface area contributed by atoms with Crippen LogP contribution in [0, 0.1) is 0 Å². The number of halogens is 2. The van der Waals surface area contributed by atoms with Gasteiger partial charge in [0, 0.05) is 10.0 Å². The van der Waals surface area contributed by atoms with Crippen LogP contribution >= 0.6 is 27.5 Å². The standard InChI is InChI=1S/C14H7BrClNO3/c15-9-5-4-7(6-10(9)16)13-17-11-3-1-2-8(14(18)19)12(11)20-13/h1-6H,(H,18,19). The number of carboxylic acids is 1. The molecule has 1 N–H and O–H groups in total. The van der Waals surface area contributed by atoms with Crippen molar-refractivity contribution in [2.45, 2.75) is 0 Å². The highest BCUT2D eigenvalue weighted by molar-refractivity contribution is 9.10. The monoisotopic (exact) mass is 351 g/mol. The highest BCUT2D eigenvalue weighted by Gasteiger charge is 2.15. The van der Waals surface area contributed by atoms with E-state index in [9.17, 15) is 4.79 Å². The van der Waals surface area contributed by atoms with Gasteiger partial charge in [-0.3, -0.25) is 0 Å². The molecule has 100 valence electrons. The fraction of sp³-hybridized carbons (Fsp3) is 0. The van der Waals surface area contributed by atoms with Crippen LogP contribution in [0.1, 0.15) is 10.4 Å². The molecular weight excluding hydrogens is 346 g/mol. The van der Waals surface area contributed by atoms with Crippen molar-refractivity contribution in [3.8, 4) is 11.5 Å². The molecule has 0 atom stereocenters. The number of hydrogen-bond donors (Lipinski definition) is 1. The molecule has 0 radical (unpaired) electrons. The van der Waals surface area contributed by atoms with Crippen LogP contribution in [0.25, 0.3) is 22.6 Å². The van der Waals surface area contributed by atoms with E-state index in [4.69, 9.17) is 21.1 Å². The SMILES string of the molecule is O=C(O)c1cccc2nc(-c3ccc(Br)c(Cl)c3)oc12. The number of aromatic carboxylic acids is 1. The molecule has 0 saturated heterocycles. The summed E-state index contributed by atoms with van der Waals surface area (Å²) in [5, 5.41) is 9.66. The Labute approximate surface area is 127 Å². The van der Waals surface area contributed by atoms with Crippen molar-refractivity contribution in [3.63, 3.8) is 0 Å². The van der Waals surface area contributed by atoms with E-state index in [0.29, 0.717) is 22.0 Å². The molecule has 4 nitrogen and oxygen atoms in total. The average molecular weight is 353 g/mol. The first-order chi connectivity index (χ1) is 9.56. The van der Waals surface area contributed by atoms with Crippen molar-refractivity contribution in [3.05, 3.63) is 51.5 Å². The molecule has 0 bridgehead atoms. The molecular formula is C14H7BrClNO3. The van der Waals surface area contributed by atoms with Crippen molar-refractivity contribution in [1.29, 1.82) is 0 Å². The maximum absolute atomic E-state index is 11.1. The van der Waals surface area contributed by atoms with Gasteiger partial charge in [0.2, 0.25) is 5.89 Å². The van der Waals surface area contributed by atoms with E-state index in [-0.39, 0.29) is 11.1 Å². The van der Waals surface area contributed by atoms with E-state index in [2.05, 4.69) is 20.9 Å². The predicted molar refractivity (Wildman–Crippen MR) is 79.1 cm³/mol. The first-order valence-corrected chi connectivity index (χ1v) is 6.81. The molecule has 20 heavy (non-hydrogen) atoms. The van der Waals surface area contributed by atoms with Gasteiger partial charge in [-0.1, -0.05) is 17.7 Å². The highest BCUT2D eigenvalue weighted by Crippen LogP contribution is 2.31. The van der Waals surface area contributed by atoms with Crippen LogP contribution in [-0.2, 0) is 0 Å². The average Bonchev–Trinajstić information content (AvgIpc) is 2.85. The lowest BCUT2D eigenvalue weighted by molar-refractivity contribution is 0.0698. The summed E-state index contributed by atoms with van der Waals surface area (Å²) in [4.78, 5) is 15.4. The van der Waals surface area contributed by atoms with Gasteiger partial charge in [-0.05, 0) is 46.3 Å². The molecule has 1 aromatic heterocycles. The van der Waals surface area contributed by atoms with Crippen molar-refractivity contribution in [2.24, 2.45) is 0 Å². The number of nitrogens with zero attached hydrogens (tertiary/aromatic N) is 1. The molecule has 3 rings (SSSR count). The number of benzene rings is 2. The van der Waals surface area contributed by atoms with Gasteiger partial charge in [0.1, 0.15) is 11.1 Å². The Morgan fingerprint density at radius 2 is 2.10 bits per heavy atom. The largest absolute Gasteiger partial charge is 0.478 e. The number of carboxylic acid groups (broad SMARTS) is 1. The summed E-state index contributed by atoms with van der Waals surface area (Å²) in [6, 6.07) is 10.1. The Hall–Kier alpha value is -1.85. The van der Waals surface area contributed by atoms with Crippen molar-refractivity contribution < 1.29 is 14.3 Å². The number of fused-ring (bicyclic) bond motifs is 1. The number of aromatic nitrogens is 1. The minimum Gasteiger partial charge on any atom is -0.478 e. The van der Waals surface area contributed by atoms with E-state index in [0.717, 1.165) is 4.47 Å². The summed E-state index contributed by atoms with van der Waals surface area (Å²) in [5.74, 6) is -0.713. The minimum atomic E-state index is -1.05. The predicted octanol–water partition coefficient (Wildman–Crippen LogP) is 4.61. The van der Waals surface area contributed by atoms with Gasteiger partial charge in [-0.15, -0.1) is 0 Å². The van der Waals surface area contributed by atoms with Crippen LogP contribution in [0.5, 0.6) is 0 Å². The maximum Gasteiger partial charge on any atom is 0.339 e. The van der Waals surface area contributed by atoms with Crippen LogP contribution < -0.4 is 0 Å². The minimum absolute atomic E-state index is 0.0875. The van der Waals surface area contributed by atoms with Gasteiger partial charge < -0.3 is 9.52 Å². The van der Waals surface area contributed by atoms with Crippen LogP contribution in [0.3, 0.4) is 0 Å². The lowest BCUT2D eigenvalue weighted by atomic mass is 10.2. The molecule has 0 saturated carbocycles. The second-order valence-corrected chi connectivity index (χ2v) is 5.37. The van der Waals surface area contributed by atoms with Crippen molar-refractivity contribution in [2.75, 3.05) is 0 Å². The zero-order valence-electron chi connectivity index (χ0n) is 9.93. The summed E-state index contributed by atoms with van der Waals surface area (Å²) < 4.78 is 6.34. The summed E-state index contributed by atoms with van der Waals surface area (Å²) in [7, 11) is 0. The summed E-state index contributed by atoms with van der Waals surface area (Å²) in [6.07, 6.45) is 0. The summed E-state index contributed by atoms with van der Waals surface area (Å²) >= 11 is 9.34. The smallest absolute Gasteiger partial charge is 0.339 e. The maximum atomic E-state index is 11.1. The Balaban J connectivity index is 2.20. The molecule has 0 amide bonds. The van der Waals surface area contributed by atoms with E-state index in [1.807, 2.05) is 0 Å². The topological polar surface area (TPSA) is 63.3 Å². The van der Waals surface area contributed by atoms with Gasteiger partial charge in [0.25, 0.3) is 0 Å². The van der Waals surface area contributed by atoms with Gasteiger partial charge in [-0.2, -0.15) is 0 Å². The van der Waals surface area contributed by atoms with Crippen molar-refractivity contribution >= 4 is 44.6 Å². The normalized spacial score (nSPS) is 10.9. The van der Waals surface area contributed by atoms with Crippen LogP contribution in [0.4, 0.5) is 0 Å². The fourth-order valence-corrected chi connectivity index (χ4v) is 2.30. The first-order valence-electron chi connectivity index (χ1n) is 5.64. The third kappa shape index (κ3) is 2.19. The molecule has 0 spiro atoms. The first kappa shape index (κ1) is 13.1.